The molecule has 664 valence electrons. The lowest BCUT2D eigenvalue weighted by molar-refractivity contribution is -0.121. The van der Waals surface area contributed by atoms with E-state index in [1.807, 2.05) is 57.5 Å². The first kappa shape index (κ1) is 97.5. The predicted octanol–water partition coefficient (Wildman–Crippen LogP) is 10.9. The van der Waals surface area contributed by atoms with Gasteiger partial charge in [-0.25, -0.2) is 39.5 Å². The number of hydrogen-bond acceptors (Lipinski definition) is 21. The van der Waals surface area contributed by atoms with Gasteiger partial charge in [-0.05, 0) is 176 Å². The van der Waals surface area contributed by atoms with E-state index in [2.05, 4.69) is 50.3 Å². The number of likely N-dealkylation sites (N-methyl/N-ethyl adjacent to an activating group) is 3. The first-order chi connectivity index (χ1) is 58.0. The number of carbonyl (C=O) groups is 4. The summed E-state index contributed by atoms with van der Waals surface area (Å²) in [4.78, 5) is 64.3. The van der Waals surface area contributed by atoms with Crippen LogP contribution in [0.2, 0.25) is 30.1 Å². The van der Waals surface area contributed by atoms with Crippen molar-refractivity contribution in [3.05, 3.63) is 189 Å². The smallest absolute Gasteiger partial charge is 0.315 e. The van der Waals surface area contributed by atoms with Gasteiger partial charge in [-0.2, -0.15) is 0 Å². The molecule has 4 aliphatic rings. The van der Waals surface area contributed by atoms with Crippen molar-refractivity contribution in [3.8, 4) is 0 Å². The van der Waals surface area contributed by atoms with Gasteiger partial charge in [0.2, 0.25) is 31.9 Å². The number of Topliss-reactive ketones (excluding diaryl/α,β-unsaturated/α-hetero) is 1. The Balaban J connectivity index is 0.669. The number of ketones is 1. The van der Waals surface area contributed by atoms with Crippen LogP contribution in [0.25, 0.3) is 0 Å². The number of nitrogens with one attached hydrogen (secondary N) is 6. The zero-order valence-electron chi connectivity index (χ0n) is 68.7. The fourth-order valence-corrected chi connectivity index (χ4v) is 20.7. The van der Waals surface area contributed by atoms with E-state index in [0.29, 0.717) is 109 Å². The molecule has 0 aliphatic carbocycles. The average Bonchev–Trinajstić information content (AvgIpc) is 0.780. The fraction of sp³-hybridized carbons (Fsp3) is 0.529. The van der Waals surface area contributed by atoms with Crippen LogP contribution in [0.4, 0.5) is 4.79 Å². The molecule has 6 aromatic carbocycles. The number of halogens is 6. The third-order valence-electron chi connectivity index (χ3n) is 21.8. The van der Waals surface area contributed by atoms with Crippen LogP contribution in [0.1, 0.15) is 126 Å². The molecule has 4 aliphatic heterocycles. The molecule has 4 heterocycles. The number of ether oxygens (including phenoxy) is 7. The number of hydrogen-bond donors (Lipinski definition) is 6. The van der Waals surface area contributed by atoms with Gasteiger partial charge in [0.05, 0.1) is 99.7 Å². The Morgan fingerprint density at radius 2 is 0.818 bits per heavy atom. The van der Waals surface area contributed by atoms with Gasteiger partial charge in [-0.15, -0.1) is 0 Å². The summed E-state index contributed by atoms with van der Waals surface area (Å²) in [6, 6.07) is 31.0. The van der Waals surface area contributed by atoms with Gasteiger partial charge in [0.15, 0.2) is 9.84 Å². The molecule has 0 aromatic heterocycles. The maximum atomic E-state index is 14.0. The summed E-state index contributed by atoms with van der Waals surface area (Å²) in [6.07, 6.45) is 0.738. The van der Waals surface area contributed by atoms with Gasteiger partial charge in [-0.3, -0.25) is 19.3 Å². The van der Waals surface area contributed by atoms with Gasteiger partial charge >= 0.3 is 6.03 Å². The number of amides is 4. The van der Waals surface area contributed by atoms with Crippen LogP contribution in [-0.4, -0.2) is 265 Å². The van der Waals surface area contributed by atoms with Crippen LogP contribution >= 0.6 is 69.6 Å². The van der Waals surface area contributed by atoms with Crippen molar-refractivity contribution >= 4 is 123 Å². The highest BCUT2D eigenvalue weighted by Gasteiger charge is 2.36. The minimum absolute atomic E-state index is 0.000128. The number of morpholine rings is 1. The van der Waals surface area contributed by atoms with Crippen LogP contribution < -0.4 is 30.7 Å². The van der Waals surface area contributed by atoms with Gasteiger partial charge in [0.25, 0.3) is 0 Å². The molecular weight excluding hydrogens is 1740 g/mol. The van der Waals surface area contributed by atoms with Crippen molar-refractivity contribution in [1.29, 1.82) is 0 Å². The lowest BCUT2D eigenvalue weighted by Crippen LogP contribution is -2.54. The summed E-state index contributed by atoms with van der Waals surface area (Å²) in [5.41, 5.74) is 7.02. The van der Waals surface area contributed by atoms with E-state index in [-0.39, 0.29) is 219 Å². The van der Waals surface area contributed by atoms with Crippen molar-refractivity contribution in [1.82, 2.24) is 50.3 Å². The molecule has 36 heteroatoms. The van der Waals surface area contributed by atoms with E-state index in [4.69, 9.17) is 103 Å². The molecule has 4 amide bonds. The van der Waals surface area contributed by atoms with Crippen LogP contribution in [0.5, 0.6) is 0 Å². The summed E-state index contributed by atoms with van der Waals surface area (Å²) in [5, 5.41) is 15.0. The molecule has 6 N–H and O–H groups in total. The molecule has 1 saturated heterocycles. The van der Waals surface area contributed by atoms with Crippen molar-refractivity contribution in [2.24, 2.45) is 0 Å². The maximum Gasteiger partial charge on any atom is 0.315 e. The molecule has 121 heavy (non-hydrogen) atoms. The molecule has 0 spiro atoms. The second-order valence-electron chi connectivity index (χ2n) is 30.9. The second-order valence-corrected chi connectivity index (χ2v) is 39.1. The minimum atomic E-state index is -3.91. The highest BCUT2D eigenvalue weighted by atomic mass is 35.5. The summed E-state index contributed by atoms with van der Waals surface area (Å²) in [5.74, 6) is -1.42. The number of benzene rings is 6. The quantitative estimate of drug-likeness (QED) is 0.0193. The molecule has 4 atom stereocenters. The van der Waals surface area contributed by atoms with Gasteiger partial charge < -0.3 is 69.1 Å². The summed E-state index contributed by atoms with van der Waals surface area (Å²) >= 11 is 39.0. The van der Waals surface area contributed by atoms with Crippen molar-refractivity contribution in [3.63, 3.8) is 0 Å². The molecule has 1 unspecified atom stereocenters. The lowest BCUT2D eigenvalue weighted by Gasteiger charge is -2.35. The van der Waals surface area contributed by atoms with E-state index in [0.717, 1.165) is 50.1 Å². The molecule has 10 rings (SSSR count). The number of urea groups is 1. The Bertz CT molecular complexity index is 4370. The van der Waals surface area contributed by atoms with Gasteiger partial charge in [0.1, 0.15) is 5.78 Å². The second kappa shape index (κ2) is 48.3. The van der Waals surface area contributed by atoms with Gasteiger partial charge in [0, 0.05) is 184 Å². The van der Waals surface area contributed by atoms with Crippen molar-refractivity contribution in [2.45, 2.75) is 115 Å². The Kier molecular flexibility index (Phi) is 38.9. The topological polar surface area (TPSA) is 320 Å². The van der Waals surface area contributed by atoms with Crippen molar-refractivity contribution in [2.75, 3.05) is 191 Å². The van der Waals surface area contributed by atoms with Crippen LogP contribution in [0, 0.1) is 0 Å². The Labute approximate surface area is 741 Å². The zero-order chi connectivity index (χ0) is 86.5. The molecule has 0 radical (unpaired) electrons. The highest BCUT2D eigenvalue weighted by molar-refractivity contribution is 7.91. The van der Waals surface area contributed by atoms with Crippen LogP contribution in [-0.2, 0) is 97.1 Å². The summed E-state index contributed by atoms with van der Waals surface area (Å²) in [6.45, 7) is 9.30. The van der Waals surface area contributed by atoms with Crippen LogP contribution in [0.15, 0.2) is 124 Å². The SMILES string of the molecule is CN1Cc2c(Cl)cc(Cl)cc2[C@H](c2cccc(S(=O)(=O)CCCOCCOCCNC(=O)CCC(CCC(=O)CCCOCCOCCNS(=O)(=O)c3cccc([C@@H]4CN(C)Cc5c(Cl)cc(Cl)cc54)c3)(CCC(=O)NCCOCCOCCNS(=O)(=O)c3cccc([C@@H]4CN(C)Cc5c(Cl)cc(Cl)cc54)c3)NC(=O)NCCN3CCOCC3)c2)C1. The standard InChI is InChI=1S/C85H112Cl6N10O17S3/c1-98-54-73(70-48-63(86)51-79(89)76(70)57-98)60-9-4-13-67(45-60)119(106,107)44-8-31-113-39-40-114-32-23-92-82(103)17-20-85(97-84(105)94-22-27-101-28-36-118-37-29-101,19-16-66(102)12-7-30-112-38-41-116-34-25-95-120(108,109)68-14-5-10-61(46-68)74-55-99(2)58-77-71(74)49-64(87)52-80(77)90)21-18-83(104)93-24-33-115-42-43-117-35-26-96-121(110,111)69-15-6-11-62(47-69)75-56-100(3)59-78-72(75)50-65(88)53-81(78)91/h4-6,9-11,13-15,45-53,73-75,95-96H,7-8,12,16-44,54-59H2,1-3H3,(H,92,103)(H,93,104)(H2,94,97,105)/t73-,74-,75-,85?/m0/s1. The minimum Gasteiger partial charge on any atom is -0.379 e. The number of carbonyl (C=O) groups excluding carboxylic acids is 4. The number of sulfonamides is 2. The number of fused-ring (bicyclic) bond motifs is 3. The summed E-state index contributed by atoms with van der Waals surface area (Å²) in [7, 11) is -5.50. The Morgan fingerprint density at radius 1 is 0.438 bits per heavy atom. The first-order valence-electron chi connectivity index (χ1n) is 40.9. The molecule has 0 saturated carbocycles. The van der Waals surface area contributed by atoms with E-state index < -0.39 is 41.5 Å². The lowest BCUT2D eigenvalue weighted by atomic mass is 9.82. The number of sulfone groups is 1. The van der Waals surface area contributed by atoms with Crippen LogP contribution in [0.3, 0.4) is 0 Å². The molecule has 1 fully saturated rings. The van der Waals surface area contributed by atoms with Crippen molar-refractivity contribution < 1.29 is 77.6 Å². The highest BCUT2D eigenvalue weighted by Crippen LogP contribution is 2.43. The van der Waals surface area contributed by atoms with Gasteiger partial charge in [-0.1, -0.05) is 106 Å². The number of rotatable bonds is 50. The maximum absolute atomic E-state index is 14.0. The largest absolute Gasteiger partial charge is 0.379 e. The predicted molar refractivity (Wildman–Crippen MR) is 470 cm³/mol. The number of nitrogens with zero attached hydrogens (tertiary/aromatic N) is 4. The third kappa shape index (κ3) is 30.5. The molecule has 6 aromatic rings. The Hall–Kier alpha value is -5.73. The monoisotopic (exact) mass is 1850 g/mol. The molecule has 27 nitrogen and oxygen atoms in total. The van der Waals surface area contributed by atoms with E-state index in [9.17, 15) is 44.4 Å². The fourth-order valence-electron chi connectivity index (χ4n) is 15.5. The normalized spacial score (nSPS) is 17.3. The van der Waals surface area contributed by atoms with E-state index in [1.165, 1.54) is 0 Å². The molecular formula is C85H112Cl6N10O17S3. The Morgan fingerprint density at radius 3 is 1.25 bits per heavy atom. The third-order valence-corrected chi connectivity index (χ3v) is 28.1. The van der Waals surface area contributed by atoms with E-state index >= 15 is 0 Å². The summed E-state index contributed by atoms with van der Waals surface area (Å²) < 4.78 is 126. The molecule has 0 bridgehead atoms. The first-order valence-corrected chi connectivity index (χ1v) is 47.8. The van der Waals surface area contributed by atoms with E-state index in [1.54, 1.807) is 72.8 Å². The average molecular weight is 1850 g/mol. The zero-order valence-corrected chi connectivity index (χ0v) is 75.7.